The van der Waals surface area contributed by atoms with Gasteiger partial charge in [0.25, 0.3) is 0 Å². The Morgan fingerprint density at radius 1 is 0.703 bits per heavy atom. The van der Waals surface area contributed by atoms with E-state index in [1.807, 2.05) is 24.3 Å². The van der Waals surface area contributed by atoms with Gasteiger partial charge in [0.2, 0.25) is 5.82 Å². The summed E-state index contributed by atoms with van der Waals surface area (Å²) in [4.78, 5) is 0. The van der Waals surface area contributed by atoms with Crippen LogP contribution in [0.5, 0.6) is 5.75 Å². The Balaban J connectivity index is 1.26. The Labute approximate surface area is 219 Å². The Morgan fingerprint density at radius 2 is 1.30 bits per heavy atom. The molecule has 0 saturated heterocycles. The predicted molar refractivity (Wildman–Crippen MR) is 144 cm³/mol. The Morgan fingerprint density at radius 3 is 1.92 bits per heavy atom. The van der Waals surface area contributed by atoms with Crippen molar-refractivity contribution < 1.29 is 17.9 Å². The summed E-state index contributed by atoms with van der Waals surface area (Å²) < 4.78 is 49.0. The Bertz CT molecular complexity index is 1210. The summed E-state index contributed by atoms with van der Waals surface area (Å²) in [6.45, 7) is 2.13. The van der Waals surface area contributed by atoms with Crippen LogP contribution >= 0.6 is 0 Å². The molecule has 37 heavy (non-hydrogen) atoms. The van der Waals surface area contributed by atoms with Gasteiger partial charge in [0.15, 0.2) is 11.6 Å². The fraction of sp³-hybridized carbons (Fsp3) is 0.438. The highest BCUT2D eigenvalue weighted by molar-refractivity contribution is 6.08. The molecule has 3 aromatic rings. The molecule has 2 saturated carbocycles. The number of benzene rings is 3. The second-order valence-corrected chi connectivity index (χ2v) is 11.0. The van der Waals surface area contributed by atoms with Crippen molar-refractivity contribution >= 4 is 7.85 Å². The summed E-state index contributed by atoms with van der Waals surface area (Å²) in [7, 11) is 5.26. The molecule has 0 amide bonds. The molecule has 2 fully saturated rings. The Hall–Kier alpha value is -2.69. The van der Waals surface area contributed by atoms with E-state index in [-0.39, 0.29) is 23.6 Å². The van der Waals surface area contributed by atoms with Crippen LogP contribution in [0.4, 0.5) is 13.2 Å². The van der Waals surface area contributed by atoms with Crippen molar-refractivity contribution in [3.63, 3.8) is 0 Å². The first-order chi connectivity index (χ1) is 17.9. The molecule has 1 nitrogen and oxygen atoms in total. The molecule has 192 valence electrons. The van der Waals surface area contributed by atoms with Gasteiger partial charge in [0.1, 0.15) is 13.7 Å². The zero-order valence-corrected chi connectivity index (χ0v) is 21.5. The molecule has 3 aromatic carbocycles. The van der Waals surface area contributed by atoms with E-state index < -0.39 is 11.6 Å². The van der Waals surface area contributed by atoms with Crippen LogP contribution in [-0.2, 0) is 0 Å². The summed E-state index contributed by atoms with van der Waals surface area (Å²) in [5, 5.41) is 0. The second-order valence-electron chi connectivity index (χ2n) is 11.0. The Kier molecular flexibility index (Phi) is 7.97. The summed E-state index contributed by atoms with van der Waals surface area (Å²) in [5.41, 5.74) is 3.09. The van der Waals surface area contributed by atoms with Gasteiger partial charge in [-0.3, -0.25) is 0 Å². The van der Waals surface area contributed by atoms with Gasteiger partial charge in [-0.25, -0.2) is 8.78 Å². The standard InChI is InChI=1S/C32H34BF3O/c1-20-2-4-21(5-3-20)22-6-10-24(11-7-22)27-15-14-26(18-29(27)34)23-8-12-25(13-9-23)28-16-17-30(37-19-33)32(36)31(28)35/h8-9,12-18,20-22,24H,2-7,10-11,19H2,1H3. The fourth-order valence-electron chi connectivity index (χ4n) is 6.49. The van der Waals surface area contributed by atoms with Crippen LogP contribution in [0, 0.1) is 35.2 Å². The van der Waals surface area contributed by atoms with E-state index in [0.29, 0.717) is 11.5 Å². The van der Waals surface area contributed by atoms with Gasteiger partial charge in [0, 0.05) is 12.1 Å². The average molecular weight is 502 g/mol. The zero-order chi connectivity index (χ0) is 25.9. The number of ether oxygens (including phenoxy) is 1. The highest BCUT2D eigenvalue weighted by Crippen LogP contribution is 2.44. The van der Waals surface area contributed by atoms with Crippen LogP contribution < -0.4 is 4.74 Å². The van der Waals surface area contributed by atoms with E-state index in [1.165, 1.54) is 50.7 Å². The molecule has 0 heterocycles. The zero-order valence-electron chi connectivity index (χ0n) is 21.5. The van der Waals surface area contributed by atoms with Crippen molar-refractivity contribution in [2.24, 2.45) is 17.8 Å². The van der Waals surface area contributed by atoms with Crippen molar-refractivity contribution in [2.75, 3.05) is 6.51 Å². The molecule has 5 rings (SSSR count). The maximum absolute atomic E-state index is 15.2. The van der Waals surface area contributed by atoms with E-state index in [0.717, 1.165) is 47.3 Å². The first-order valence-corrected chi connectivity index (χ1v) is 13.7. The molecule has 0 atom stereocenters. The lowest BCUT2D eigenvalue weighted by atomic mass is 9.68. The van der Waals surface area contributed by atoms with Gasteiger partial charge in [-0.1, -0.05) is 56.2 Å². The van der Waals surface area contributed by atoms with Crippen LogP contribution in [0.1, 0.15) is 69.8 Å². The lowest BCUT2D eigenvalue weighted by molar-refractivity contribution is 0.164. The fourth-order valence-corrected chi connectivity index (χ4v) is 6.49. The quantitative estimate of drug-likeness (QED) is 0.306. The molecular formula is C32H34BF3O. The van der Waals surface area contributed by atoms with Gasteiger partial charge < -0.3 is 4.74 Å². The topological polar surface area (TPSA) is 9.23 Å². The van der Waals surface area contributed by atoms with Crippen molar-refractivity contribution in [1.82, 2.24) is 0 Å². The van der Waals surface area contributed by atoms with Crippen LogP contribution in [0.3, 0.4) is 0 Å². The van der Waals surface area contributed by atoms with Crippen molar-refractivity contribution in [3.05, 3.63) is 77.6 Å². The molecule has 0 N–H and O–H groups in total. The largest absolute Gasteiger partial charge is 0.500 e. The molecule has 0 unspecified atom stereocenters. The monoisotopic (exact) mass is 502 g/mol. The number of hydrogen-bond donors (Lipinski definition) is 0. The lowest BCUT2D eigenvalue weighted by Gasteiger charge is -2.37. The van der Waals surface area contributed by atoms with E-state index >= 15 is 4.39 Å². The average Bonchev–Trinajstić information content (AvgIpc) is 2.92. The maximum Gasteiger partial charge on any atom is 0.201 e. The summed E-state index contributed by atoms with van der Waals surface area (Å²) >= 11 is 0. The number of rotatable bonds is 6. The van der Waals surface area contributed by atoms with Gasteiger partial charge in [-0.05, 0) is 103 Å². The van der Waals surface area contributed by atoms with Crippen LogP contribution in [0.15, 0.2) is 54.6 Å². The van der Waals surface area contributed by atoms with E-state index in [2.05, 4.69) is 6.92 Å². The first kappa shape index (κ1) is 25.9. The van der Waals surface area contributed by atoms with Crippen molar-refractivity contribution in [1.29, 1.82) is 0 Å². The molecule has 0 aliphatic heterocycles. The van der Waals surface area contributed by atoms with Crippen LogP contribution in [-0.4, -0.2) is 14.4 Å². The van der Waals surface area contributed by atoms with E-state index in [1.54, 1.807) is 18.2 Å². The molecule has 2 radical (unpaired) electrons. The molecule has 0 bridgehead atoms. The van der Waals surface area contributed by atoms with Gasteiger partial charge in [0.05, 0.1) is 0 Å². The van der Waals surface area contributed by atoms with E-state index in [9.17, 15) is 8.78 Å². The van der Waals surface area contributed by atoms with E-state index in [4.69, 9.17) is 12.6 Å². The summed E-state index contributed by atoms with van der Waals surface area (Å²) in [6.07, 6.45) is 10.0. The second kappa shape index (κ2) is 11.4. The normalized spacial score (nSPS) is 24.1. The third-order valence-corrected chi connectivity index (χ3v) is 8.75. The molecule has 0 aromatic heterocycles. The molecule has 2 aliphatic carbocycles. The summed E-state index contributed by atoms with van der Waals surface area (Å²) in [5.74, 6) is 0.437. The molecule has 5 heteroatoms. The SMILES string of the molecule is [B]COc1ccc(-c2ccc(-c3ccc(C4CCC(C5CCC(C)CC5)CC4)c(F)c3)cc2)c(F)c1F. The molecule has 2 aliphatic rings. The molecular weight excluding hydrogens is 468 g/mol. The first-order valence-electron chi connectivity index (χ1n) is 13.7. The van der Waals surface area contributed by atoms with Crippen LogP contribution in [0.25, 0.3) is 22.3 Å². The predicted octanol–water partition coefficient (Wildman–Crippen LogP) is 9.04. The van der Waals surface area contributed by atoms with Gasteiger partial charge in [-0.15, -0.1) is 0 Å². The number of hydrogen-bond acceptors (Lipinski definition) is 1. The van der Waals surface area contributed by atoms with Crippen molar-refractivity contribution in [3.8, 4) is 28.0 Å². The van der Waals surface area contributed by atoms with Gasteiger partial charge in [-0.2, -0.15) is 4.39 Å². The third-order valence-electron chi connectivity index (χ3n) is 8.75. The number of halogens is 3. The highest BCUT2D eigenvalue weighted by atomic mass is 19.2. The third kappa shape index (κ3) is 5.61. The minimum Gasteiger partial charge on any atom is -0.500 e. The van der Waals surface area contributed by atoms with Gasteiger partial charge >= 0.3 is 0 Å². The smallest absolute Gasteiger partial charge is 0.201 e. The molecule has 0 spiro atoms. The highest BCUT2D eigenvalue weighted by Gasteiger charge is 2.31. The summed E-state index contributed by atoms with van der Waals surface area (Å²) in [6, 6.07) is 15.4. The lowest BCUT2D eigenvalue weighted by Crippen LogP contribution is -2.25. The minimum absolute atomic E-state index is 0.133. The van der Waals surface area contributed by atoms with Crippen molar-refractivity contribution in [2.45, 2.75) is 64.2 Å². The maximum atomic E-state index is 15.2. The minimum atomic E-state index is -1.06. The van der Waals surface area contributed by atoms with Crippen LogP contribution in [0.2, 0.25) is 0 Å².